The van der Waals surface area contributed by atoms with Crippen molar-refractivity contribution >= 4 is 28.2 Å². The molecule has 0 aliphatic rings. The maximum Gasteiger partial charge on any atom is 0.341 e. The lowest BCUT2D eigenvalue weighted by Gasteiger charge is -2.26. The molecule has 3 N–H and O–H groups in total. The van der Waals surface area contributed by atoms with Gasteiger partial charge in [0.25, 0.3) is 0 Å². The second kappa shape index (κ2) is 9.76. The van der Waals surface area contributed by atoms with Gasteiger partial charge in [-0.25, -0.2) is 18.0 Å². The number of rotatable bonds is 8. The topological polar surface area (TPSA) is 94.8 Å². The first kappa shape index (κ1) is 25.1. The fraction of sp³-hybridized carbons (Fsp3) is 0.333. The average molecular weight is 477 g/mol. The van der Waals surface area contributed by atoms with Crippen molar-refractivity contribution < 1.29 is 28.2 Å². The first-order valence-corrected chi connectivity index (χ1v) is 10.6. The molecule has 0 unspecified atom stereocenters. The number of fused-ring (bicyclic) bond motifs is 1. The number of anilines is 2. The van der Waals surface area contributed by atoms with E-state index in [1.807, 2.05) is 13.8 Å². The van der Waals surface area contributed by atoms with Gasteiger partial charge in [0.1, 0.15) is 23.0 Å². The van der Waals surface area contributed by atoms with Crippen molar-refractivity contribution in [1.29, 1.82) is 0 Å². The zero-order chi connectivity index (χ0) is 25.3. The third-order valence-electron chi connectivity index (χ3n) is 5.74. The normalized spacial score (nSPS) is 12.3. The van der Waals surface area contributed by atoms with Crippen LogP contribution in [-0.4, -0.2) is 41.5 Å². The lowest BCUT2D eigenvalue weighted by molar-refractivity contribution is 0.0694. The first-order chi connectivity index (χ1) is 16.0. The van der Waals surface area contributed by atoms with Gasteiger partial charge in [-0.05, 0) is 18.1 Å². The van der Waals surface area contributed by atoms with Gasteiger partial charge in [-0.15, -0.1) is 0 Å². The van der Waals surface area contributed by atoms with Crippen molar-refractivity contribution in [2.45, 2.75) is 26.4 Å². The van der Waals surface area contributed by atoms with E-state index in [4.69, 9.17) is 0 Å². The van der Waals surface area contributed by atoms with Crippen LogP contribution in [-0.2, 0) is 6.54 Å². The molecule has 0 saturated heterocycles. The fourth-order valence-electron chi connectivity index (χ4n) is 3.87. The summed E-state index contributed by atoms with van der Waals surface area (Å²) in [7, 11) is 3.46. The van der Waals surface area contributed by atoms with E-state index in [0.29, 0.717) is 29.0 Å². The van der Waals surface area contributed by atoms with Gasteiger partial charge >= 0.3 is 5.97 Å². The highest BCUT2D eigenvalue weighted by molar-refractivity contribution is 5.96. The molecule has 0 aliphatic carbocycles. The monoisotopic (exact) mass is 477 g/mol. The van der Waals surface area contributed by atoms with Gasteiger partial charge in [0.05, 0.1) is 29.5 Å². The summed E-state index contributed by atoms with van der Waals surface area (Å²) in [5.41, 5.74) is -0.319. The van der Waals surface area contributed by atoms with Gasteiger partial charge in [0.15, 0.2) is 0 Å². The molecule has 0 aliphatic heterocycles. The van der Waals surface area contributed by atoms with E-state index in [0.717, 1.165) is 0 Å². The second-order valence-electron chi connectivity index (χ2n) is 8.56. The van der Waals surface area contributed by atoms with Gasteiger partial charge in [0, 0.05) is 49.9 Å². The molecule has 1 aromatic heterocycles. The van der Waals surface area contributed by atoms with E-state index in [1.54, 1.807) is 29.6 Å². The molecule has 3 aromatic rings. The van der Waals surface area contributed by atoms with Crippen molar-refractivity contribution in [3.63, 3.8) is 0 Å². The predicted molar refractivity (Wildman–Crippen MR) is 124 cm³/mol. The molecule has 1 heterocycles. The number of hydrogen-bond donors (Lipinski definition) is 3. The Morgan fingerprint density at radius 3 is 2.24 bits per heavy atom. The summed E-state index contributed by atoms with van der Waals surface area (Å²) in [6, 6.07) is 3.72. The van der Waals surface area contributed by atoms with Crippen LogP contribution >= 0.6 is 0 Å². The quantitative estimate of drug-likeness (QED) is 0.454. The zero-order valence-electron chi connectivity index (χ0n) is 19.2. The third kappa shape index (κ3) is 4.72. The van der Waals surface area contributed by atoms with Crippen LogP contribution in [0.15, 0.2) is 35.3 Å². The number of pyridine rings is 1. The number of carboxylic acid groups (broad SMARTS) is 1. The summed E-state index contributed by atoms with van der Waals surface area (Å²) in [5, 5.41) is 22.5. The van der Waals surface area contributed by atoms with Gasteiger partial charge < -0.3 is 25.0 Å². The van der Waals surface area contributed by atoms with Crippen LogP contribution in [0.5, 0.6) is 0 Å². The predicted octanol–water partition coefficient (Wildman–Crippen LogP) is 3.98. The van der Waals surface area contributed by atoms with E-state index in [2.05, 4.69) is 5.32 Å². The van der Waals surface area contributed by atoms with Crippen LogP contribution in [0.2, 0.25) is 0 Å². The Morgan fingerprint density at radius 1 is 1.12 bits per heavy atom. The number of benzene rings is 2. The van der Waals surface area contributed by atoms with E-state index in [-0.39, 0.29) is 30.0 Å². The van der Waals surface area contributed by atoms with Crippen molar-refractivity contribution in [2.75, 3.05) is 30.9 Å². The summed E-state index contributed by atoms with van der Waals surface area (Å²) < 4.78 is 43.0. The smallest absolute Gasteiger partial charge is 0.341 e. The van der Waals surface area contributed by atoms with E-state index < -0.39 is 40.5 Å². The molecule has 0 saturated carbocycles. The molecule has 182 valence electrons. The SMILES string of the molecule is CC(C)[C@@H](CO)n1cc(C(=O)O)c(=O)c2cc(NCc3c(F)cc(F)cc3F)c(N(C)C)cc21. The van der Waals surface area contributed by atoms with Crippen molar-refractivity contribution in [3.05, 3.63) is 69.3 Å². The molecule has 0 spiro atoms. The zero-order valence-corrected chi connectivity index (χ0v) is 19.2. The van der Waals surface area contributed by atoms with Crippen molar-refractivity contribution in [2.24, 2.45) is 5.92 Å². The Balaban J connectivity index is 2.24. The van der Waals surface area contributed by atoms with E-state index in [1.165, 1.54) is 12.3 Å². The highest BCUT2D eigenvalue weighted by Gasteiger charge is 2.23. The third-order valence-corrected chi connectivity index (χ3v) is 5.74. The van der Waals surface area contributed by atoms with Crippen LogP contribution in [0.4, 0.5) is 24.5 Å². The molecule has 0 fully saturated rings. The van der Waals surface area contributed by atoms with Gasteiger partial charge in [-0.2, -0.15) is 0 Å². The van der Waals surface area contributed by atoms with Crippen LogP contribution < -0.4 is 15.6 Å². The molecule has 0 amide bonds. The molecule has 34 heavy (non-hydrogen) atoms. The Labute approximate surface area is 194 Å². The molecule has 0 radical (unpaired) electrons. The number of aliphatic hydroxyl groups is 1. The number of nitrogens with zero attached hydrogens (tertiary/aromatic N) is 2. The van der Waals surface area contributed by atoms with E-state index >= 15 is 0 Å². The molecule has 7 nitrogen and oxygen atoms in total. The summed E-state index contributed by atoms with van der Waals surface area (Å²) >= 11 is 0. The second-order valence-corrected chi connectivity index (χ2v) is 8.56. The summed E-state index contributed by atoms with van der Waals surface area (Å²) in [6.45, 7) is 3.09. The fourth-order valence-corrected chi connectivity index (χ4v) is 3.87. The Hall–Kier alpha value is -3.53. The Morgan fingerprint density at radius 2 is 1.74 bits per heavy atom. The van der Waals surface area contributed by atoms with Gasteiger partial charge in [-0.1, -0.05) is 13.8 Å². The van der Waals surface area contributed by atoms with Crippen LogP contribution in [0.3, 0.4) is 0 Å². The molecule has 3 rings (SSSR count). The van der Waals surface area contributed by atoms with Crippen LogP contribution in [0, 0.1) is 23.4 Å². The minimum atomic E-state index is -1.41. The Kier molecular flexibility index (Phi) is 7.21. The van der Waals surface area contributed by atoms with Crippen molar-refractivity contribution in [3.8, 4) is 0 Å². The number of hydrogen-bond acceptors (Lipinski definition) is 5. The first-order valence-electron chi connectivity index (χ1n) is 10.6. The van der Waals surface area contributed by atoms with Gasteiger partial charge in [0.2, 0.25) is 5.43 Å². The number of aromatic nitrogens is 1. The lowest BCUT2D eigenvalue weighted by atomic mass is 10.0. The number of carbonyl (C=O) groups is 1. The summed E-state index contributed by atoms with van der Waals surface area (Å²) in [5.74, 6) is -4.65. The van der Waals surface area contributed by atoms with Crippen LogP contribution in [0.1, 0.15) is 35.8 Å². The highest BCUT2D eigenvalue weighted by atomic mass is 19.1. The number of aromatic carboxylic acids is 1. The molecule has 0 bridgehead atoms. The summed E-state index contributed by atoms with van der Waals surface area (Å²) in [4.78, 5) is 26.5. The molecule has 2 aromatic carbocycles. The molecular formula is C24H26F3N3O4. The number of nitrogens with one attached hydrogen (secondary N) is 1. The van der Waals surface area contributed by atoms with Crippen LogP contribution in [0.25, 0.3) is 10.9 Å². The maximum atomic E-state index is 14.1. The number of halogens is 3. The molecule has 10 heteroatoms. The average Bonchev–Trinajstić information content (AvgIpc) is 2.74. The van der Waals surface area contributed by atoms with E-state index in [9.17, 15) is 33.0 Å². The largest absolute Gasteiger partial charge is 0.477 e. The lowest BCUT2D eigenvalue weighted by Crippen LogP contribution is -2.26. The molecular weight excluding hydrogens is 451 g/mol. The molecule has 1 atom stereocenters. The highest BCUT2D eigenvalue weighted by Crippen LogP contribution is 2.32. The minimum Gasteiger partial charge on any atom is -0.477 e. The summed E-state index contributed by atoms with van der Waals surface area (Å²) in [6.07, 6.45) is 1.23. The van der Waals surface area contributed by atoms with Gasteiger partial charge in [-0.3, -0.25) is 4.79 Å². The number of carboxylic acids is 1. The number of aliphatic hydroxyl groups excluding tert-OH is 1. The maximum absolute atomic E-state index is 14.1. The van der Waals surface area contributed by atoms with Crippen molar-refractivity contribution in [1.82, 2.24) is 4.57 Å². The minimum absolute atomic E-state index is 0.0622. The standard InChI is InChI=1S/C24H26F3N3O4/c1-12(2)22(11-31)30-10-16(24(33)34)23(32)14-7-19(21(29(3)4)8-20(14)30)28-9-15-17(26)5-13(25)6-18(15)27/h5-8,10,12,22,28,31H,9,11H2,1-4H3,(H,33,34)/t22-/m1/s1. The Bertz CT molecular complexity index is 1280.